The molecule has 2 heterocycles. The second-order valence-corrected chi connectivity index (χ2v) is 6.28. The molecule has 2 N–H and O–H groups in total. The van der Waals surface area contributed by atoms with Crippen molar-refractivity contribution in [3.63, 3.8) is 0 Å². The Kier molecular flexibility index (Phi) is 2.21. The molecular formula is C12H18N2O4. The Bertz CT molecular complexity index is 417. The summed E-state index contributed by atoms with van der Waals surface area (Å²) < 4.78 is 10.6. The summed E-state index contributed by atoms with van der Waals surface area (Å²) in [4.78, 5) is 25.5. The van der Waals surface area contributed by atoms with Crippen molar-refractivity contribution in [1.82, 2.24) is 4.90 Å². The lowest BCUT2D eigenvalue weighted by Crippen LogP contribution is -2.56. The molecule has 2 bridgehead atoms. The van der Waals surface area contributed by atoms with Crippen molar-refractivity contribution in [3.8, 4) is 0 Å². The third-order valence-corrected chi connectivity index (χ3v) is 3.92. The van der Waals surface area contributed by atoms with Gasteiger partial charge in [-0.05, 0) is 27.2 Å². The Morgan fingerprint density at radius 1 is 1.50 bits per heavy atom. The molecule has 0 spiro atoms. The number of ether oxygens (including phenoxy) is 2. The molecule has 0 aromatic heterocycles. The maximum Gasteiger partial charge on any atom is 0.411 e. The summed E-state index contributed by atoms with van der Waals surface area (Å²) in [5, 5.41) is 0. The van der Waals surface area contributed by atoms with Gasteiger partial charge < -0.3 is 15.2 Å². The molecular weight excluding hydrogens is 236 g/mol. The van der Waals surface area contributed by atoms with Crippen LogP contribution < -0.4 is 5.73 Å². The minimum atomic E-state index is -0.578. The minimum Gasteiger partial charge on any atom is -0.459 e. The first-order valence-electron chi connectivity index (χ1n) is 6.27. The van der Waals surface area contributed by atoms with E-state index in [9.17, 15) is 9.59 Å². The van der Waals surface area contributed by atoms with Crippen LogP contribution in [0.25, 0.3) is 0 Å². The second kappa shape index (κ2) is 3.38. The predicted octanol–water partition coefficient (Wildman–Crippen LogP) is 0.247. The number of amides is 1. The average Bonchev–Trinajstić information content (AvgIpc) is 2.78. The maximum absolute atomic E-state index is 12.2. The van der Waals surface area contributed by atoms with Gasteiger partial charge in [-0.3, -0.25) is 4.90 Å². The minimum absolute atomic E-state index is 0.0463. The summed E-state index contributed by atoms with van der Waals surface area (Å²) in [6.07, 6.45) is 0.0560. The van der Waals surface area contributed by atoms with Gasteiger partial charge in [0.2, 0.25) is 0 Å². The van der Waals surface area contributed by atoms with E-state index in [4.69, 9.17) is 15.2 Å². The Labute approximate surface area is 105 Å². The van der Waals surface area contributed by atoms with E-state index in [-0.39, 0.29) is 30.1 Å². The molecule has 18 heavy (non-hydrogen) atoms. The lowest BCUT2D eigenvalue weighted by molar-refractivity contribution is -0.143. The summed E-state index contributed by atoms with van der Waals surface area (Å²) in [6, 6.07) is -0.911. The van der Waals surface area contributed by atoms with Gasteiger partial charge in [-0.2, -0.15) is 0 Å². The molecule has 2 aliphatic heterocycles. The summed E-state index contributed by atoms with van der Waals surface area (Å²) in [5.74, 6) is -0.295. The Balaban J connectivity index is 1.85. The van der Waals surface area contributed by atoms with E-state index >= 15 is 0 Å². The van der Waals surface area contributed by atoms with Crippen LogP contribution in [-0.4, -0.2) is 46.8 Å². The number of hydrogen-bond acceptors (Lipinski definition) is 5. The largest absolute Gasteiger partial charge is 0.459 e. The molecule has 2 saturated heterocycles. The van der Waals surface area contributed by atoms with Gasteiger partial charge in [0.05, 0.1) is 12.1 Å². The molecule has 0 aromatic rings. The number of carbonyl (C=O) groups is 2. The fourth-order valence-corrected chi connectivity index (χ4v) is 3.32. The quantitative estimate of drug-likeness (QED) is 0.626. The molecule has 1 amide bonds. The molecule has 0 unspecified atom stereocenters. The number of carbonyl (C=O) groups excluding carboxylic acids is 2. The van der Waals surface area contributed by atoms with Crippen LogP contribution in [0.2, 0.25) is 0 Å². The molecule has 0 radical (unpaired) electrons. The van der Waals surface area contributed by atoms with Crippen LogP contribution in [0.1, 0.15) is 27.2 Å². The summed E-state index contributed by atoms with van der Waals surface area (Å²) in [5.41, 5.74) is 5.45. The van der Waals surface area contributed by atoms with E-state index in [1.165, 1.54) is 4.90 Å². The van der Waals surface area contributed by atoms with Crippen LogP contribution in [0.3, 0.4) is 0 Å². The fourth-order valence-electron chi connectivity index (χ4n) is 3.32. The van der Waals surface area contributed by atoms with E-state index in [1.807, 2.05) is 0 Å². The highest BCUT2D eigenvalue weighted by Gasteiger charge is 2.66. The first-order chi connectivity index (χ1) is 8.29. The third kappa shape index (κ3) is 1.44. The van der Waals surface area contributed by atoms with Crippen LogP contribution in [0, 0.1) is 5.92 Å². The molecule has 3 rings (SSSR count). The van der Waals surface area contributed by atoms with E-state index < -0.39 is 17.7 Å². The van der Waals surface area contributed by atoms with E-state index in [1.54, 1.807) is 20.8 Å². The third-order valence-electron chi connectivity index (χ3n) is 3.92. The zero-order valence-corrected chi connectivity index (χ0v) is 10.8. The second-order valence-electron chi connectivity index (χ2n) is 6.28. The zero-order chi connectivity index (χ0) is 13.2. The van der Waals surface area contributed by atoms with E-state index in [0.717, 1.165) is 6.42 Å². The lowest BCUT2D eigenvalue weighted by Gasteiger charge is -2.34. The van der Waals surface area contributed by atoms with E-state index in [0.29, 0.717) is 0 Å². The highest BCUT2D eigenvalue weighted by Crippen LogP contribution is 2.48. The van der Waals surface area contributed by atoms with Crippen molar-refractivity contribution in [3.05, 3.63) is 0 Å². The predicted molar refractivity (Wildman–Crippen MR) is 61.6 cm³/mol. The molecule has 3 fully saturated rings. The first-order valence-corrected chi connectivity index (χ1v) is 6.27. The molecule has 0 aromatic carbocycles. The summed E-state index contributed by atoms with van der Waals surface area (Å²) in [7, 11) is 0. The van der Waals surface area contributed by atoms with E-state index in [2.05, 4.69) is 0 Å². The van der Waals surface area contributed by atoms with Crippen LogP contribution in [-0.2, 0) is 14.3 Å². The van der Waals surface area contributed by atoms with Crippen LogP contribution >= 0.6 is 0 Å². The number of nitrogens with zero attached hydrogens (tertiary/aromatic N) is 1. The zero-order valence-electron chi connectivity index (χ0n) is 10.8. The van der Waals surface area contributed by atoms with Gasteiger partial charge in [0.1, 0.15) is 17.7 Å². The number of piperidine rings is 1. The van der Waals surface area contributed by atoms with Crippen molar-refractivity contribution < 1.29 is 19.1 Å². The molecule has 1 aliphatic carbocycles. The lowest BCUT2D eigenvalue weighted by atomic mass is 9.97. The average molecular weight is 254 g/mol. The van der Waals surface area contributed by atoms with Crippen molar-refractivity contribution in [2.75, 3.05) is 0 Å². The van der Waals surface area contributed by atoms with Crippen LogP contribution in [0.15, 0.2) is 0 Å². The number of esters is 1. The topological polar surface area (TPSA) is 81.9 Å². The smallest absolute Gasteiger partial charge is 0.411 e. The first kappa shape index (κ1) is 11.8. The van der Waals surface area contributed by atoms with Crippen LogP contribution in [0.5, 0.6) is 0 Å². The van der Waals surface area contributed by atoms with Crippen molar-refractivity contribution in [1.29, 1.82) is 0 Å². The summed E-state index contributed by atoms with van der Waals surface area (Å²) >= 11 is 0. The van der Waals surface area contributed by atoms with Gasteiger partial charge in [-0.25, -0.2) is 9.59 Å². The van der Waals surface area contributed by atoms with Crippen molar-refractivity contribution in [2.24, 2.45) is 11.7 Å². The Hall–Kier alpha value is -1.30. The van der Waals surface area contributed by atoms with Crippen LogP contribution in [0.4, 0.5) is 4.79 Å². The molecule has 5 atom stereocenters. The van der Waals surface area contributed by atoms with Crippen molar-refractivity contribution in [2.45, 2.75) is 57.0 Å². The van der Waals surface area contributed by atoms with Gasteiger partial charge in [0.15, 0.2) is 0 Å². The number of rotatable bonds is 0. The molecule has 100 valence electrons. The normalized spacial score (nSPS) is 41.2. The standard InChI is InChI=1S/C12H18N2O4/c1-12(2,3)18-11(16)14-6-4-5-8(14)10(15)17-9(5)7(6)13/h5-9H,4,13H2,1-3H3/t5-,6+,7+,8-,9+/m1/s1. The fraction of sp³-hybridized carbons (Fsp3) is 0.833. The van der Waals surface area contributed by atoms with Gasteiger partial charge in [-0.15, -0.1) is 0 Å². The molecule has 1 saturated carbocycles. The van der Waals surface area contributed by atoms with Gasteiger partial charge in [0.25, 0.3) is 0 Å². The Morgan fingerprint density at radius 3 is 2.78 bits per heavy atom. The SMILES string of the molecule is CC(C)(C)OC(=O)N1[C@H]2C[C@H]3[C@H](OC(=O)[C@@H]31)[C@H]2N. The number of fused-ring (bicyclic) bond motifs is 1. The monoisotopic (exact) mass is 254 g/mol. The van der Waals surface area contributed by atoms with Gasteiger partial charge >= 0.3 is 12.1 Å². The molecule has 6 heteroatoms. The Morgan fingerprint density at radius 2 is 2.17 bits per heavy atom. The number of hydrogen-bond donors (Lipinski definition) is 1. The van der Waals surface area contributed by atoms with Gasteiger partial charge in [0, 0.05) is 5.92 Å². The highest BCUT2D eigenvalue weighted by molar-refractivity contribution is 5.86. The number of nitrogens with two attached hydrogens (primary N) is 1. The van der Waals surface area contributed by atoms with Gasteiger partial charge in [-0.1, -0.05) is 0 Å². The number of likely N-dealkylation sites (tertiary alicyclic amines) is 1. The summed E-state index contributed by atoms with van der Waals surface area (Å²) in [6.45, 7) is 5.40. The maximum atomic E-state index is 12.2. The molecule has 6 nitrogen and oxygen atoms in total. The molecule has 3 aliphatic rings. The highest BCUT2D eigenvalue weighted by atomic mass is 16.6. The van der Waals surface area contributed by atoms with Crippen molar-refractivity contribution >= 4 is 12.1 Å².